The number of carbonyl (C=O) groups is 2. The summed E-state index contributed by atoms with van der Waals surface area (Å²) in [5, 5.41) is 12.2. The number of hydrogen-bond acceptors (Lipinski definition) is 3. The van der Waals surface area contributed by atoms with Crippen LogP contribution >= 0.6 is 11.8 Å². The zero-order chi connectivity index (χ0) is 15.2. The lowest BCUT2D eigenvalue weighted by Crippen LogP contribution is -2.52. The summed E-state index contributed by atoms with van der Waals surface area (Å²) < 4.78 is 0. The number of aliphatic carboxylic acids is 1. The van der Waals surface area contributed by atoms with Crippen molar-refractivity contribution in [3.8, 4) is 0 Å². The number of rotatable bonds is 5. The number of amides is 2. The van der Waals surface area contributed by atoms with Gasteiger partial charge in [-0.25, -0.2) is 9.59 Å². The molecule has 2 amide bonds. The topological polar surface area (TPSA) is 69.6 Å². The van der Waals surface area contributed by atoms with Crippen LogP contribution in [0.5, 0.6) is 0 Å². The van der Waals surface area contributed by atoms with Crippen molar-refractivity contribution in [1.29, 1.82) is 0 Å². The maximum absolute atomic E-state index is 12.2. The van der Waals surface area contributed by atoms with Gasteiger partial charge in [-0.3, -0.25) is 0 Å². The SMILES string of the molecule is CSCCCNC(=O)N1Cc2ccccc2CC1C(=O)O. The minimum atomic E-state index is -0.955. The first-order valence-corrected chi connectivity index (χ1v) is 8.36. The molecule has 21 heavy (non-hydrogen) atoms. The minimum Gasteiger partial charge on any atom is -0.480 e. The Balaban J connectivity index is 2.06. The van der Waals surface area contributed by atoms with E-state index in [1.54, 1.807) is 11.8 Å². The molecule has 2 rings (SSSR count). The Kier molecular flexibility index (Phi) is 5.50. The number of benzene rings is 1. The normalized spacial score (nSPS) is 17.2. The predicted octanol–water partition coefficient (Wildman–Crippen LogP) is 1.96. The molecule has 0 fully saturated rings. The third-order valence-corrected chi connectivity index (χ3v) is 4.29. The number of nitrogens with zero attached hydrogens (tertiary/aromatic N) is 1. The summed E-state index contributed by atoms with van der Waals surface area (Å²) in [7, 11) is 0. The van der Waals surface area contributed by atoms with Gasteiger partial charge < -0.3 is 15.3 Å². The lowest BCUT2D eigenvalue weighted by molar-refractivity contribution is -0.142. The fraction of sp³-hybridized carbons (Fsp3) is 0.467. The Morgan fingerprint density at radius 1 is 1.38 bits per heavy atom. The Bertz CT molecular complexity index is 521. The highest BCUT2D eigenvalue weighted by Crippen LogP contribution is 2.23. The number of carboxylic acids is 1. The number of nitrogens with one attached hydrogen (secondary N) is 1. The second-order valence-corrected chi connectivity index (χ2v) is 6.02. The zero-order valence-corrected chi connectivity index (χ0v) is 12.9. The van der Waals surface area contributed by atoms with Crippen LogP contribution < -0.4 is 5.32 Å². The van der Waals surface area contributed by atoms with E-state index in [2.05, 4.69) is 5.32 Å². The lowest BCUT2D eigenvalue weighted by atomic mass is 9.94. The Labute approximate surface area is 128 Å². The van der Waals surface area contributed by atoms with Gasteiger partial charge >= 0.3 is 12.0 Å². The first-order chi connectivity index (χ1) is 10.1. The van der Waals surface area contributed by atoms with E-state index < -0.39 is 12.0 Å². The molecule has 0 saturated carbocycles. The molecule has 1 aliphatic heterocycles. The van der Waals surface area contributed by atoms with Crippen LogP contribution in [0, 0.1) is 0 Å². The fourth-order valence-corrected chi connectivity index (χ4v) is 2.90. The third kappa shape index (κ3) is 3.91. The number of urea groups is 1. The van der Waals surface area contributed by atoms with Crippen molar-refractivity contribution in [2.24, 2.45) is 0 Å². The van der Waals surface area contributed by atoms with Crippen LogP contribution in [0.2, 0.25) is 0 Å². The van der Waals surface area contributed by atoms with Crippen LogP contribution in [0.3, 0.4) is 0 Å². The van der Waals surface area contributed by atoms with Gasteiger partial charge in [-0.15, -0.1) is 0 Å². The van der Waals surface area contributed by atoms with Gasteiger partial charge in [0.2, 0.25) is 0 Å². The van der Waals surface area contributed by atoms with Gasteiger partial charge in [0.15, 0.2) is 0 Å². The average Bonchev–Trinajstić information content (AvgIpc) is 2.50. The van der Waals surface area contributed by atoms with Crippen LogP contribution in [0.25, 0.3) is 0 Å². The van der Waals surface area contributed by atoms with E-state index in [1.807, 2.05) is 30.5 Å². The molecule has 6 heteroatoms. The first kappa shape index (κ1) is 15.7. The molecular formula is C15H20N2O3S. The van der Waals surface area contributed by atoms with Crippen molar-refractivity contribution in [2.75, 3.05) is 18.6 Å². The summed E-state index contributed by atoms with van der Waals surface area (Å²) in [4.78, 5) is 25.1. The predicted molar refractivity (Wildman–Crippen MR) is 83.5 cm³/mol. The largest absolute Gasteiger partial charge is 0.480 e. The van der Waals surface area contributed by atoms with Gasteiger partial charge in [0.25, 0.3) is 0 Å². The monoisotopic (exact) mass is 308 g/mol. The number of carbonyl (C=O) groups excluding carboxylic acids is 1. The highest BCUT2D eigenvalue weighted by atomic mass is 32.2. The van der Waals surface area contributed by atoms with E-state index in [0.29, 0.717) is 19.5 Å². The Hall–Kier alpha value is -1.69. The van der Waals surface area contributed by atoms with Crippen LogP contribution in [0.4, 0.5) is 4.79 Å². The summed E-state index contributed by atoms with van der Waals surface area (Å²) in [5.74, 6) is 0.0228. The highest BCUT2D eigenvalue weighted by Gasteiger charge is 2.34. The first-order valence-electron chi connectivity index (χ1n) is 6.96. The van der Waals surface area contributed by atoms with Crippen molar-refractivity contribution in [1.82, 2.24) is 10.2 Å². The third-order valence-electron chi connectivity index (χ3n) is 3.60. The van der Waals surface area contributed by atoms with Crippen LogP contribution in [-0.2, 0) is 17.8 Å². The quantitative estimate of drug-likeness (QED) is 0.816. The summed E-state index contributed by atoms with van der Waals surface area (Å²) >= 11 is 1.73. The maximum atomic E-state index is 12.2. The summed E-state index contributed by atoms with van der Waals surface area (Å²) in [6.07, 6.45) is 3.27. The van der Waals surface area contributed by atoms with Gasteiger partial charge in [-0.2, -0.15) is 11.8 Å². The number of fused-ring (bicyclic) bond motifs is 1. The molecule has 1 aromatic rings. The van der Waals surface area contributed by atoms with E-state index in [0.717, 1.165) is 23.3 Å². The molecule has 0 bridgehead atoms. The van der Waals surface area contributed by atoms with Gasteiger partial charge in [-0.1, -0.05) is 24.3 Å². The summed E-state index contributed by atoms with van der Waals surface area (Å²) in [5.41, 5.74) is 2.03. The summed E-state index contributed by atoms with van der Waals surface area (Å²) in [6.45, 7) is 0.922. The summed E-state index contributed by atoms with van der Waals surface area (Å²) in [6, 6.07) is 6.60. The average molecular weight is 308 g/mol. The smallest absolute Gasteiger partial charge is 0.326 e. The van der Waals surface area contributed by atoms with E-state index in [4.69, 9.17) is 0 Å². The molecule has 114 valence electrons. The standard InChI is InChI=1S/C15H20N2O3S/c1-21-8-4-7-16-15(20)17-10-12-6-3-2-5-11(12)9-13(17)14(18)19/h2-3,5-6,13H,4,7-10H2,1H3,(H,16,20)(H,18,19). The van der Waals surface area contributed by atoms with Crippen molar-refractivity contribution >= 4 is 23.8 Å². The number of hydrogen-bond donors (Lipinski definition) is 2. The van der Waals surface area contributed by atoms with Crippen molar-refractivity contribution in [3.05, 3.63) is 35.4 Å². The molecule has 0 aliphatic carbocycles. The zero-order valence-electron chi connectivity index (χ0n) is 12.0. The van der Waals surface area contributed by atoms with E-state index in [1.165, 1.54) is 4.90 Å². The molecule has 2 N–H and O–H groups in total. The fourth-order valence-electron chi connectivity index (χ4n) is 2.47. The molecule has 0 saturated heterocycles. The molecule has 1 aliphatic rings. The molecule has 5 nitrogen and oxygen atoms in total. The second-order valence-electron chi connectivity index (χ2n) is 5.03. The molecule has 1 unspecified atom stereocenters. The molecule has 0 radical (unpaired) electrons. The molecule has 1 heterocycles. The van der Waals surface area contributed by atoms with Crippen LogP contribution in [0.15, 0.2) is 24.3 Å². The van der Waals surface area contributed by atoms with Gasteiger partial charge in [0.1, 0.15) is 6.04 Å². The minimum absolute atomic E-state index is 0.294. The van der Waals surface area contributed by atoms with Crippen molar-refractivity contribution in [2.45, 2.75) is 25.4 Å². The molecule has 0 aromatic heterocycles. The maximum Gasteiger partial charge on any atom is 0.326 e. The van der Waals surface area contributed by atoms with E-state index >= 15 is 0 Å². The van der Waals surface area contributed by atoms with Crippen molar-refractivity contribution in [3.63, 3.8) is 0 Å². The van der Waals surface area contributed by atoms with Crippen LogP contribution in [0.1, 0.15) is 17.5 Å². The van der Waals surface area contributed by atoms with Gasteiger partial charge in [0.05, 0.1) is 0 Å². The van der Waals surface area contributed by atoms with Crippen molar-refractivity contribution < 1.29 is 14.7 Å². The van der Waals surface area contributed by atoms with E-state index in [9.17, 15) is 14.7 Å². The highest BCUT2D eigenvalue weighted by molar-refractivity contribution is 7.98. The molecule has 0 spiro atoms. The van der Waals surface area contributed by atoms with Gasteiger partial charge in [0, 0.05) is 19.5 Å². The Morgan fingerprint density at radius 3 is 2.76 bits per heavy atom. The second kappa shape index (κ2) is 7.36. The molecule has 1 atom stereocenters. The molecular weight excluding hydrogens is 288 g/mol. The van der Waals surface area contributed by atoms with Gasteiger partial charge in [-0.05, 0) is 29.6 Å². The Morgan fingerprint density at radius 2 is 2.10 bits per heavy atom. The number of carboxylic acid groups (broad SMARTS) is 1. The molecule has 1 aromatic carbocycles. The van der Waals surface area contributed by atoms with E-state index in [-0.39, 0.29) is 6.03 Å². The number of thioether (sulfide) groups is 1. The lowest BCUT2D eigenvalue weighted by Gasteiger charge is -2.34. The van der Waals surface area contributed by atoms with Crippen LogP contribution in [-0.4, -0.2) is 46.6 Å².